The van der Waals surface area contributed by atoms with Crippen LogP contribution >= 0.6 is 0 Å². The second-order valence-corrected chi connectivity index (χ2v) is 6.47. The fourth-order valence-electron chi connectivity index (χ4n) is 3.27. The average Bonchev–Trinajstić information content (AvgIpc) is 2.91. The lowest BCUT2D eigenvalue weighted by Crippen LogP contribution is -2.67. The van der Waals surface area contributed by atoms with E-state index in [2.05, 4.69) is 0 Å². The van der Waals surface area contributed by atoms with Crippen molar-refractivity contribution in [3.05, 3.63) is 41.5 Å². The number of nitrogens with one attached hydrogen (secondary N) is 1. The number of hydrogen-bond donors (Lipinski definition) is 1. The number of carbonyl (C=O) groups excluding carboxylic acids is 1. The third kappa shape index (κ3) is 4.07. The highest BCUT2D eigenvalue weighted by atomic mass is 19.4. The van der Waals surface area contributed by atoms with Crippen molar-refractivity contribution in [2.75, 3.05) is 0 Å². The molecule has 0 spiro atoms. The lowest BCUT2D eigenvalue weighted by Gasteiger charge is -2.34. The highest BCUT2D eigenvalue weighted by molar-refractivity contribution is 6.79. The van der Waals surface area contributed by atoms with E-state index in [9.17, 15) is 31.1 Å². The molecular formula is C18H19BF6NO. The Morgan fingerprint density at radius 1 is 1.19 bits per heavy atom. The van der Waals surface area contributed by atoms with E-state index >= 15 is 0 Å². The van der Waals surface area contributed by atoms with E-state index in [-0.39, 0.29) is 13.7 Å². The normalized spacial score (nSPS) is 20.7. The topological polar surface area (TPSA) is 29.1 Å². The van der Waals surface area contributed by atoms with Crippen LogP contribution in [0, 0.1) is 0 Å². The predicted molar refractivity (Wildman–Crippen MR) is 91.2 cm³/mol. The Bertz CT molecular complexity index is 711. The molecule has 1 heterocycles. The van der Waals surface area contributed by atoms with Gasteiger partial charge in [0.05, 0.1) is 6.04 Å². The summed E-state index contributed by atoms with van der Waals surface area (Å²) >= 11 is 0. The molecule has 9 heteroatoms. The lowest BCUT2D eigenvalue weighted by atomic mass is 9.56. The molecule has 1 aromatic carbocycles. The largest absolute Gasteiger partial charge is 0.408 e. The van der Waals surface area contributed by atoms with Gasteiger partial charge in [0, 0.05) is 0 Å². The van der Waals surface area contributed by atoms with Gasteiger partial charge < -0.3 is 4.79 Å². The van der Waals surface area contributed by atoms with E-state index in [0.29, 0.717) is 12.0 Å². The van der Waals surface area contributed by atoms with Gasteiger partial charge in [-0.2, -0.15) is 26.3 Å². The molecule has 27 heavy (non-hydrogen) atoms. The van der Waals surface area contributed by atoms with Gasteiger partial charge in [-0.3, -0.25) is 5.32 Å². The molecule has 0 bridgehead atoms. The highest BCUT2D eigenvalue weighted by Gasteiger charge is 2.74. The number of benzene rings is 1. The van der Waals surface area contributed by atoms with E-state index in [4.69, 9.17) is 0 Å². The second kappa shape index (κ2) is 7.69. The molecule has 0 amide bonds. The van der Waals surface area contributed by atoms with Crippen LogP contribution < -0.4 is 5.32 Å². The molecule has 1 aliphatic heterocycles. The number of carbonyl (C=O) groups is 1. The third-order valence-corrected chi connectivity index (χ3v) is 4.65. The van der Waals surface area contributed by atoms with Crippen molar-refractivity contribution >= 4 is 18.5 Å². The fraction of sp³-hybridized carbons (Fsp3) is 0.500. The zero-order chi connectivity index (χ0) is 20.5. The summed E-state index contributed by atoms with van der Waals surface area (Å²) in [7, 11) is -0.275. The van der Waals surface area contributed by atoms with Crippen LogP contribution in [0.2, 0.25) is 0 Å². The van der Waals surface area contributed by atoms with Gasteiger partial charge in [0.1, 0.15) is 5.68 Å². The predicted octanol–water partition coefficient (Wildman–Crippen LogP) is 4.46. The van der Waals surface area contributed by atoms with Crippen molar-refractivity contribution in [1.29, 1.82) is 0 Å². The van der Waals surface area contributed by atoms with Crippen molar-refractivity contribution in [2.24, 2.45) is 0 Å². The van der Waals surface area contributed by atoms with Gasteiger partial charge in [0.15, 0.2) is 5.44 Å². The number of halogens is 6. The summed E-state index contributed by atoms with van der Waals surface area (Å²) in [5.41, 5.74) is -3.34. The first kappa shape index (κ1) is 21.5. The number of aryl methyl sites for hydroxylation is 1. The maximum absolute atomic E-state index is 13.2. The average molecular weight is 390 g/mol. The standard InChI is InChI=1S/C18H19BF6NO/c1-3-7-12-8-5-6-9-13(12)11(4-2)10-14-15(27)19-16(26-14,17(20,21)22)18(23,24)25/h4-6,8-9,14,26H,3,7,10H2,1-2H3/b11-4-. The number of allylic oxidation sites excluding steroid dienone is 1. The van der Waals surface area contributed by atoms with E-state index in [1.54, 1.807) is 25.1 Å². The molecule has 0 aliphatic carbocycles. The van der Waals surface area contributed by atoms with E-state index in [1.165, 1.54) is 5.32 Å². The molecule has 1 aliphatic rings. The molecule has 1 aromatic rings. The Balaban J connectivity index is 2.33. The first-order chi connectivity index (χ1) is 12.5. The maximum atomic E-state index is 13.2. The van der Waals surface area contributed by atoms with Gasteiger partial charge >= 0.3 is 12.4 Å². The SMILES string of the molecule is C/C=C(/CC1NC(C(F)(F)F)(C(F)(F)F)[B]C1=O)c1ccccc1CCC. The van der Waals surface area contributed by atoms with Crippen molar-refractivity contribution in [2.45, 2.75) is 56.9 Å². The van der Waals surface area contributed by atoms with Crippen LogP contribution in [0.25, 0.3) is 5.57 Å². The van der Waals surface area contributed by atoms with Gasteiger partial charge in [-0.25, -0.2) is 0 Å². The molecule has 2 nitrogen and oxygen atoms in total. The molecule has 0 aromatic heterocycles. The molecule has 1 N–H and O–H groups in total. The fourth-order valence-corrected chi connectivity index (χ4v) is 3.27. The molecule has 1 atom stereocenters. The van der Waals surface area contributed by atoms with Gasteiger partial charge in [-0.05, 0) is 36.5 Å². The summed E-state index contributed by atoms with van der Waals surface area (Å²) in [4.78, 5) is 12.0. The maximum Gasteiger partial charge on any atom is 0.408 e. The van der Waals surface area contributed by atoms with Crippen LogP contribution in [0.5, 0.6) is 0 Å². The molecular weight excluding hydrogens is 371 g/mol. The quantitative estimate of drug-likeness (QED) is 0.595. The monoisotopic (exact) mass is 390 g/mol. The Labute approximate surface area is 154 Å². The van der Waals surface area contributed by atoms with Crippen molar-refractivity contribution in [3.63, 3.8) is 0 Å². The van der Waals surface area contributed by atoms with Crippen LogP contribution in [0.15, 0.2) is 30.3 Å². The minimum Gasteiger partial charge on any atom is -0.310 e. The molecule has 147 valence electrons. The summed E-state index contributed by atoms with van der Waals surface area (Å²) in [5, 5.41) is 1.52. The first-order valence-corrected chi connectivity index (χ1v) is 8.51. The number of rotatable bonds is 5. The zero-order valence-electron chi connectivity index (χ0n) is 14.8. The highest BCUT2D eigenvalue weighted by Crippen LogP contribution is 2.45. The smallest absolute Gasteiger partial charge is 0.310 e. The lowest BCUT2D eigenvalue weighted by molar-refractivity contribution is -0.277. The van der Waals surface area contributed by atoms with Gasteiger partial charge in [0.25, 0.3) is 7.28 Å². The van der Waals surface area contributed by atoms with Gasteiger partial charge in [0.2, 0.25) is 0 Å². The number of hydrogen-bond acceptors (Lipinski definition) is 2. The van der Waals surface area contributed by atoms with Crippen molar-refractivity contribution in [3.8, 4) is 0 Å². The van der Waals surface area contributed by atoms with E-state index < -0.39 is 29.5 Å². The summed E-state index contributed by atoms with van der Waals surface area (Å²) in [6, 6.07) is 5.56. The minimum atomic E-state index is -5.67. The van der Waals surface area contributed by atoms with E-state index in [1.807, 2.05) is 19.1 Å². The van der Waals surface area contributed by atoms with Crippen LogP contribution in [-0.4, -0.2) is 36.8 Å². The summed E-state index contributed by atoms with van der Waals surface area (Å²) in [6.45, 7) is 3.60. The number of alkyl halides is 6. The van der Waals surface area contributed by atoms with Gasteiger partial charge in [-0.1, -0.05) is 43.7 Å². The third-order valence-electron chi connectivity index (χ3n) is 4.65. The zero-order valence-corrected chi connectivity index (χ0v) is 14.8. The van der Waals surface area contributed by atoms with Gasteiger partial charge in [-0.15, -0.1) is 0 Å². The Morgan fingerprint density at radius 3 is 2.26 bits per heavy atom. The Hall–Kier alpha value is -1.77. The Kier molecular flexibility index (Phi) is 6.14. The second-order valence-electron chi connectivity index (χ2n) is 6.47. The van der Waals surface area contributed by atoms with Crippen LogP contribution in [0.4, 0.5) is 26.3 Å². The minimum absolute atomic E-state index is 0.263. The molecule has 1 saturated heterocycles. The molecule has 1 fully saturated rings. The molecule has 1 radical (unpaired) electrons. The molecule has 2 rings (SSSR count). The van der Waals surface area contributed by atoms with Crippen molar-refractivity contribution < 1.29 is 31.1 Å². The summed E-state index contributed by atoms with van der Waals surface area (Å²) < 4.78 is 79.1. The Morgan fingerprint density at radius 2 is 1.78 bits per heavy atom. The van der Waals surface area contributed by atoms with Crippen LogP contribution in [0.1, 0.15) is 37.8 Å². The summed E-state index contributed by atoms with van der Waals surface area (Å²) in [6.07, 6.45) is -8.46. The van der Waals surface area contributed by atoms with Crippen molar-refractivity contribution in [1.82, 2.24) is 5.32 Å². The van der Waals surface area contributed by atoms with Crippen LogP contribution in [-0.2, 0) is 11.2 Å². The van der Waals surface area contributed by atoms with Crippen LogP contribution in [0.3, 0.4) is 0 Å². The first-order valence-electron chi connectivity index (χ1n) is 8.51. The molecule has 1 unspecified atom stereocenters. The molecule has 0 saturated carbocycles. The van der Waals surface area contributed by atoms with E-state index in [0.717, 1.165) is 17.5 Å². The summed E-state index contributed by atoms with van der Waals surface area (Å²) in [5.74, 6) is 0.